The summed E-state index contributed by atoms with van der Waals surface area (Å²) < 4.78 is 16.8. The van der Waals surface area contributed by atoms with E-state index in [-0.39, 0.29) is 5.82 Å². The fraction of sp³-hybridized carbons (Fsp3) is 0.600. The number of rotatable bonds is 4. The number of hydrogen-bond donors (Lipinski definition) is 6. The first-order chi connectivity index (χ1) is 10.6. The Morgan fingerprint density at radius 3 is 2.57 bits per heavy atom. The van der Waals surface area contributed by atoms with Crippen molar-refractivity contribution in [3.8, 4) is 0 Å². The van der Waals surface area contributed by atoms with Crippen LogP contribution in [0.5, 0.6) is 0 Å². The zero-order valence-corrected chi connectivity index (χ0v) is 12.4. The van der Waals surface area contributed by atoms with Gasteiger partial charge in [-0.1, -0.05) is 0 Å². The molecular weight excluding hydrogens is 337 g/mol. The number of hydrogen-bond acceptors (Lipinski definition) is 9. The highest BCUT2D eigenvalue weighted by atomic mass is 31.2. The molecule has 1 aromatic heterocycles. The summed E-state index contributed by atoms with van der Waals surface area (Å²) in [4.78, 5) is 38.3. The van der Waals surface area contributed by atoms with Crippen LogP contribution in [0, 0.1) is 0 Å². The lowest BCUT2D eigenvalue weighted by molar-refractivity contribution is -0.227. The Kier molecular flexibility index (Phi) is 5.06. The molecule has 0 aliphatic carbocycles. The minimum Gasteiger partial charge on any atom is -0.401 e. The van der Waals surface area contributed by atoms with Crippen LogP contribution in [0.4, 0.5) is 5.82 Å². The van der Waals surface area contributed by atoms with Crippen molar-refractivity contribution in [2.45, 2.75) is 30.3 Å². The minimum absolute atomic E-state index is 0.0735. The van der Waals surface area contributed by atoms with Crippen LogP contribution in [0.2, 0.25) is 0 Å². The summed E-state index contributed by atoms with van der Waals surface area (Å²) in [6.07, 6.45) is -5.65. The van der Waals surface area contributed by atoms with Gasteiger partial charge in [0, 0.05) is 6.07 Å². The van der Waals surface area contributed by atoms with Crippen molar-refractivity contribution in [1.29, 1.82) is 0 Å². The summed E-state index contributed by atoms with van der Waals surface area (Å²) in [7, 11) is -4.91. The molecule has 1 saturated heterocycles. The van der Waals surface area contributed by atoms with Crippen molar-refractivity contribution in [2.75, 3.05) is 12.3 Å². The van der Waals surface area contributed by atoms with Crippen LogP contribution in [0.1, 0.15) is 0 Å². The van der Waals surface area contributed by atoms with Gasteiger partial charge in [-0.25, -0.2) is 4.79 Å². The summed E-state index contributed by atoms with van der Waals surface area (Å²) in [6, 6.07) is 1.22. The van der Waals surface area contributed by atoms with Crippen LogP contribution in [-0.4, -0.2) is 71.7 Å². The molecule has 0 spiro atoms. The Morgan fingerprint density at radius 1 is 1.39 bits per heavy atom. The Hall–Kier alpha value is -1.53. The molecular formula is C10H16N3O9P. The number of ether oxygens (including phenoxy) is 1. The summed E-state index contributed by atoms with van der Waals surface area (Å²) in [5.41, 5.74) is 4.38. The normalized spacial score (nSPS) is 31.8. The third-order valence-corrected chi connectivity index (χ3v) is 4.29. The highest BCUT2D eigenvalue weighted by Crippen LogP contribution is 2.47. The van der Waals surface area contributed by atoms with Gasteiger partial charge in [-0.05, 0) is 0 Å². The third-order valence-electron chi connectivity index (χ3n) is 3.20. The first-order valence-corrected chi connectivity index (χ1v) is 8.03. The van der Waals surface area contributed by atoms with Gasteiger partial charge in [-0.15, -0.1) is 4.73 Å². The molecule has 0 saturated carbocycles. The summed E-state index contributed by atoms with van der Waals surface area (Å²) >= 11 is 0. The number of aliphatic hydroxyl groups is 3. The van der Waals surface area contributed by atoms with Crippen molar-refractivity contribution in [3.05, 3.63) is 22.7 Å². The van der Waals surface area contributed by atoms with E-state index >= 15 is 0 Å². The lowest BCUT2D eigenvalue weighted by Crippen LogP contribution is -2.62. The quantitative estimate of drug-likeness (QED) is 0.291. The van der Waals surface area contributed by atoms with Crippen molar-refractivity contribution in [2.24, 2.45) is 0 Å². The predicted molar refractivity (Wildman–Crippen MR) is 73.1 cm³/mol. The fourth-order valence-electron chi connectivity index (χ4n) is 2.09. The minimum atomic E-state index is -4.91. The molecule has 2 unspecified atom stereocenters. The molecule has 1 aromatic rings. The van der Waals surface area contributed by atoms with Crippen LogP contribution in [-0.2, 0) is 9.30 Å². The van der Waals surface area contributed by atoms with Gasteiger partial charge in [0.05, 0.1) is 12.8 Å². The van der Waals surface area contributed by atoms with Crippen molar-refractivity contribution in [1.82, 2.24) is 9.71 Å². The van der Waals surface area contributed by atoms with Crippen LogP contribution < -0.4 is 16.3 Å². The molecule has 0 bridgehead atoms. The van der Waals surface area contributed by atoms with Gasteiger partial charge in [0.2, 0.25) is 0 Å². The van der Waals surface area contributed by atoms with E-state index < -0.39 is 50.2 Å². The Morgan fingerprint density at radius 2 is 2.04 bits per heavy atom. The van der Waals surface area contributed by atoms with Crippen LogP contribution in [0.3, 0.4) is 0 Å². The molecule has 0 aromatic carbocycles. The summed E-state index contributed by atoms with van der Waals surface area (Å²) in [5.74, 6) is -2.11. The van der Waals surface area contributed by atoms with Crippen molar-refractivity contribution < 1.29 is 39.2 Å². The second-order valence-corrected chi connectivity index (χ2v) is 6.54. The van der Waals surface area contributed by atoms with E-state index in [1.165, 1.54) is 6.07 Å². The maximum absolute atomic E-state index is 11.6. The van der Waals surface area contributed by atoms with E-state index in [2.05, 4.69) is 4.98 Å². The molecule has 1 aliphatic rings. The summed E-state index contributed by atoms with van der Waals surface area (Å²) in [5, 5.41) is 29.1. The van der Waals surface area contributed by atoms with Gasteiger partial charge in [-0.2, -0.15) is 4.98 Å². The molecule has 0 amide bonds. The van der Waals surface area contributed by atoms with Gasteiger partial charge < -0.3 is 40.4 Å². The van der Waals surface area contributed by atoms with E-state index in [4.69, 9.17) is 25.1 Å². The average Bonchev–Trinajstić information content (AvgIpc) is 2.45. The first-order valence-electron chi connectivity index (χ1n) is 6.35. The lowest BCUT2D eigenvalue weighted by atomic mass is 10.0. The second kappa shape index (κ2) is 6.53. The van der Waals surface area contributed by atoms with Crippen LogP contribution in [0.25, 0.3) is 0 Å². The molecule has 0 radical (unpaired) electrons. The van der Waals surface area contributed by atoms with E-state index in [9.17, 15) is 24.7 Å². The Bertz CT molecular complexity index is 659. The molecule has 1 aliphatic heterocycles. The standard InChI is InChI=1S/C10H16N3O9P/c11-5-1-2-13(10(17)12-5)22-8-4(3-14)21-9(23(18,19)20)7(16)6(8)15/h1-2,4,6-9,14-16H,3H2,(H2,11,12,17)(H2,18,19,20)/t4?,6-,7-,8?,9-/m0/s1. The second-order valence-electron chi connectivity index (χ2n) is 4.85. The zero-order chi connectivity index (χ0) is 17.4. The topological polar surface area (TPSA) is 198 Å². The summed E-state index contributed by atoms with van der Waals surface area (Å²) in [6.45, 7) is -0.790. The Labute approximate surface area is 128 Å². The molecule has 13 heteroatoms. The van der Waals surface area contributed by atoms with E-state index in [0.29, 0.717) is 4.73 Å². The van der Waals surface area contributed by atoms with Crippen molar-refractivity contribution in [3.63, 3.8) is 0 Å². The highest BCUT2D eigenvalue weighted by molar-refractivity contribution is 7.52. The largest absolute Gasteiger partial charge is 0.401 e. The average molecular weight is 353 g/mol. The predicted octanol–water partition coefficient (Wildman–Crippen LogP) is -3.76. The maximum atomic E-state index is 11.6. The Balaban J connectivity index is 2.27. The number of nitrogens with two attached hydrogens (primary N) is 1. The van der Waals surface area contributed by atoms with Gasteiger partial charge >= 0.3 is 13.3 Å². The van der Waals surface area contributed by atoms with E-state index in [1.54, 1.807) is 0 Å². The SMILES string of the molecule is Nc1ccn(OC2C(CO)O[C@@H](P(=O)(O)O)[C@@H](O)[C@@H]2O)c(=O)n1. The molecule has 2 heterocycles. The molecule has 23 heavy (non-hydrogen) atoms. The zero-order valence-electron chi connectivity index (χ0n) is 11.5. The number of nitrogen functional groups attached to an aromatic ring is 1. The monoisotopic (exact) mass is 353 g/mol. The van der Waals surface area contributed by atoms with Crippen LogP contribution in [0.15, 0.2) is 17.1 Å². The number of nitrogens with zero attached hydrogens (tertiary/aromatic N) is 2. The van der Waals surface area contributed by atoms with Crippen molar-refractivity contribution >= 4 is 13.4 Å². The molecule has 7 N–H and O–H groups in total. The molecule has 2 rings (SSSR count). The number of aliphatic hydroxyl groups excluding tert-OH is 3. The number of anilines is 1. The van der Waals surface area contributed by atoms with Gasteiger partial charge in [-0.3, -0.25) is 4.57 Å². The molecule has 5 atom stereocenters. The smallest absolute Gasteiger partial charge is 0.382 e. The van der Waals surface area contributed by atoms with Gasteiger partial charge in [0.1, 0.15) is 24.1 Å². The highest BCUT2D eigenvalue weighted by Gasteiger charge is 2.52. The molecule has 12 nitrogen and oxygen atoms in total. The fourth-order valence-corrected chi connectivity index (χ4v) is 2.98. The molecule has 130 valence electrons. The van der Waals surface area contributed by atoms with Gasteiger partial charge in [0.25, 0.3) is 0 Å². The maximum Gasteiger partial charge on any atom is 0.382 e. The lowest BCUT2D eigenvalue weighted by Gasteiger charge is -2.41. The van der Waals surface area contributed by atoms with E-state index in [0.717, 1.165) is 6.20 Å². The van der Waals surface area contributed by atoms with E-state index in [1.807, 2.05) is 0 Å². The number of aromatic nitrogens is 2. The first kappa shape index (κ1) is 17.8. The van der Waals surface area contributed by atoms with Gasteiger partial charge in [0.15, 0.2) is 11.9 Å². The van der Waals surface area contributed by atoms with Crippen LogP contribution >= 0.6 is 7.60 Å². The third kappa shape index (κ3) is 3.70. The molecule has 1 fully saturated rings.